The molecule has 0 aliphatic heterocycles. The van der Waals surface area contributed by atoms with Crippen LogP contribution in [0.5, 0.6) is 0 Å². The van der Waals surface area contributed by atoms with E-state index >= 15 is 0 Å². The maximum Gasteiger partial charge on any atom is 0.184 e. The first kappa shape index (κ1) is 26.8. The summed E-state index contributed by atoms with van der Waals surface area (Å²) in [4.78, 5) is 24.4. The predicted molar refractivity (Wildman–Crippen MR) is 126 cm³/mol. The summed E-state index contributed by atoms with van der Waals surface area (Å²) in [5.74, 6) is 2.10. The van der Waals surface area contributed by atoms with E-state index in [-0.39, 0.29) is 11.6 Å². The number of carbonyl (C=O) groups excluding carboxylic acids is 2. The molecule has 0 bridgehead atoms. The van der Waals surface area contributed by atoms with Crippen molar-refractivity contribution in [1.82, 2.24) is 0 Å². The highest BCUT2D eigenvalue weighted by Gasteiger charge is 2.27. The molecule has 0 saturated carbocycles. The Hall–Kier alpha value is -1.22. The number of ketones is 2. The summed E-state index contributed by atoms with van der Waals surface area (Å²) in [6, 6.07) is 0. The Morgan fingerprint density at radius 3 is 1.97 bits per heavy atom. The zero-order valence-corrected chi connectivity index (χ0v) is 20.6. The molecule has 1 unspecified atom stereocenters. The number of aliphatic hydroxyl groups is 1. The lowest BCUT2D eigenvalue weighted by atomic mass is 9.83. The molecule has 0 amide bonds. The van der Waals surface area contributed by atoms with Crippen molar-refractivity contribution in [2.24, 2.45) is 17.8 Å². The van der Waals surface area contributed by atoms with E-state index in [1.807, 2.05) is 6.92 Å². The first-order valence-corrected chi connectivity index (χ1v) is 12.1. The van der Waals surface area contributed by atoms with Crippen LogP contribution < -0.4 is 0 Å². The van der Waals surface area contributed by atoms with Crippen LogP contribution in [0.3, 0.4) is 0 Å². The third kappa shape index (κ3) is 9.73. The van der Waals surface area contributed by atoms with Gasteiger partial charge in [-0.15, -0.1) is 0 Å². The summed E-state index contributed by atoms with van der Waals surface area (Å²) in [7, 11) is 0. The summed E-state index contributed by atoms with van der Waals surface area (Å²) >= 11 is 0. The van der Waals surface area contributed by atoms with Gasteiger partial charge in [0.2, 0.25) is 0 Å². The van der Waals surface area contributed by atoms with Gasteiger partial charge >= 0.3 is 0 Å². The van der Waals surface area contributed by atoms with Gasteiger partial charge in [-0.3, -0.25) is 9.59 Å². The van der Waals surface area contributed by atoms with Crippen LogP contribution in [0.25, 0.3) is 0 Å². The van der Waals surface area contributed by atoms with E-state index in [4.69, 9.17) is 0 Å². The molecule has 0 radical (unpaired) electrons. The molecule has 1 rings (SSSR count). The predicted octanol–water partition coefficient (Wildman–Crippen LogP) is 6.98. The SMILES string of the molecule is CC1=CC(=O)C(CCC(C)(O)CC[C@H](C)CCC[C@H](C)CCCC(C)C)=C(C)C1=O. The number of hydrogen-bond donors (Lipinski definition) is 1. The van der Waals surface area contributed by atoms with Crippen molar-refractivity contribution in [1.29, 1.82) is 0 Å². The van der Waals surface area contributed by atoms with Gasteiger partial charge in [0.15, 0.2) is 11.6 Å². The van der Waals surface area contributed by atoms with Crippen molar-refractivity contribution >= 4 is 11.6 Å². The van der Waals surface area contributed by atoms with Crippen molar-refractivity contribution in [3.8, 4) is 0 Å². The van der Waals surface area contributed by atoms with E-state index < -0.39 is 5.60 Å². The van der Waals surface area contributed by atoms with Gasteiger partial charge in [-0.1, -0.05) is 66.2 Å². The van der Waals surface area contributed by atoms with Crippen LogP contribution in [0.1, 0.15) is 113 Å². The Balaban J connectivity index is 2.32. The molecule has 1 aliphatic carbocycles. The summed E-state index contributed by atoms with van der Waals surface area (Å²) in [5.41, 5.74) is 0.832. The normalized spacial score (nSPS) is 19.2. The minimum absolute atomic E-state index is 0.0451. The summed E-state index contributed by atoms with van der Waals surface area (Å²) < 4.78 is 0. The van der Waals surface area contributed by atoms with Gasteiger partial charge in [0.05, 0.1) is 5.60 Å². The molecule has 3 nitrogen and oxygen atoms in total. The van der Waals surface area contributed by atoms with E-state index in [1.165, 1.54) is 44.6 Å². The molecular formula is C27H46O3. The average Bonchev–Trinajstić information content (AvgIpc) is 2.64. The Morgan fingerprint density at radius 2 is 1.40 bits per heavy atom. The Kier molecular flexibility index (Phi) is 11.3. The minimum atomic E-state index is -0.800. The van der Waals surface area contributed by atoms with Crippen LogP contribution in [0.4, 0.5) is 0 Å². The molecule has 0 saturated heterocycles. The lowest BCUT2D eigenvalue weighted by molar-refractivity contribution is -0.116. The second kappa shape index (κ2) is 12.6. The number of hydrogen-bond acceptors (Lipinski definition) is 3. The first-order chi connectivity index (χ1) is 13.9. The monoisotopic (exact) mass is 418 g/mol. The van der Waals surface area contributed by atoms with Crippen molar-refractivity contribution < 1.29 is 14.7 Å². The highest BCUT2D eigenvalue weighted by molar-refractivity contribution is 6.22. The van der Waals surface area contributed by atoms with Crippen LogP contribution >= 0.6 is 0 Å². The van der Waals surface area contributed by atoms with Crippen LogP contribution in [0.2, 0.25) is 0 Å². The van der Waals surface area contributed by atoms with Gasteiger partial charge < -0.3 is 5.11 Å². The molecule has 30 heavy (non-hydrogen) atoms. The fourth-order valence-corrected chi connectivity index (χ4v) is 4.33. The third-order valence-corrected chi connectivity index (χ3v) is 6.76. The smallest absolute Gasteiger partial charge is 0.184 e. The van der Waals surface area contributed by atoms with Gasteiger partial charge in [-0.05, 0) is 70.3 Å². The van der Waals surface area contributed by atoms with Crippen molar-refractivity contribution in [2.45, 2.75) is 118 Å². The van der Waals surface area contributed by atoms with E-state index in [0.29, 0.717) is 35.5 Å². The molecule has 0 spiro atoms. The summed E-state index contributed by atoms with van der Waals surface area (Å²) in [5, 5.41) is 10.8. The van der Waals surface area contributed by atoms with Crippen LogP contribution in [0.15, 0.2) is 22.8 Å². The standard InChI is InChI=1S/C27H46O3/c1-19(2)10-8-11-20(3)12-9-13-21(4)14-16-27(7,30)17-15-24-23(6)26(29)22(5)18-25(24)28/h18-21,30H,8-17H2,1-7H3/t20-,21-,27?/m1/s1. The molecule has 1 aliphatic rings. The van der Waals surface area contributed by atoms with Gasteiger partial charge in [-0.25, -0.2) is 0 Å². The molecule has 3 atom stereocenters. The topological polar surface area (TPSA) is 54.4 Å². The number of allylic oxidation sites excluding steroid dienone is 4. The van der Waals surface area contributed by atoms with Gasteiger partial charge in [-0.2, -0.15) is 0 Å². The maximum atomic E-state index is 12.2. The summed E-state index contributed by atoms with van der Waals surface area (Å²) in [6.07, 6.45) is 12.0. The third-order valence-electron chi connectivity index (χ3n) is 6.76. The average molecular weight is 419 g/mol. The van der Waals surface area contributed by atoms with Crippen molar-refractivity contribution in [3.05, 3.63) is 22.8 Å². The molecule has 1 N–H and O–H groups in total. The highest BCUT2D eigenvalue weighted by Crippen LogP contribution is 2.29. The number of rotatable bonds is 14. The quantitative estimate of drug-likeness (QED) is 0.310. The molecular weight excluding hydrogens is 372 g/mol. The van der Waals surface area contributed by atoms with Crippen molar-refractivity contribution in [2.75, 3.05) is 0 Å². The van der Waals surface area contributed by atoms with Crippen LogP contribution in [0, 0.1) is 17.8 Å². The van der Waals surface area contributed by atoms with E-state index in [9.17, 15) is 14.7 Å². The fraction of sp³-hybridized carbons (Fsp3) is 0.778. The summed E-state index contributed by atoms with van der Waals surface area (Å²) in [6.45, 7) is 14.5. The molecule has 0 aromatic carbocycles. The van der Waals surface area contributed by atoms with E-state index in [0.717, 1.165) is 24.7 Å². The Labute approximate surface area is 185 Å². The van der Waals surface area contributed by atoms with Crippen LogP contribution in [-0.2, 0) is 9.59 Å². The molecule has 3 heteroatoms. The molecule has 172 valence electrons. The first-order valence-electron chi connectivity index (χ1n) is 12.1. The number of carbonyl (C=O) groups is 2. The number of Topliss-reactive ketones (excluding diaryl/α,β-unsaturated/α-hetero) is 1. The van der Waals surface area contributed by atoms with Crippen LogP contribution in [-0.4, -0.2) is 22.3 Å². The Morgan fingerprint density at radius 1 is 0.867 bits per heavy atom. The molecule has 0 aromatic rings. The van der Waals surface area contributed by atoms with Crippen molar-refractivity contribution in [3.63, 3.8) is 0 Å². The maximum absolute atomic E-state index is 12.2. The zero-order valence-electron chi connectivity index (χ0n) is 20.6. The Bertz CT molecular complexity index is 636. The van der Waals surface area contributed by atoms with Gasteiger partial charge in [0.25, 0.3) is 0 Å². The second-order valence-electron chi connectivity index (χ2n) is 10.6. The lowest BCUT2D eigenvalue weighted by Gasteiger charge is -2.26. The molecule has 0 aromatic heterocycles. The zero-order chi connectivity index (χ0) is 22.9. The van der Waals surface area contributed by atoms with E-state index in [2.05, 4.69) is 27.7 Å². The van der Waals surface area contributed by atoms with Gasteiger partial charge in [0.1, 0.15) is 0 Å². The van der Waals surface area contributed by atoms with E-state index in [1.54, 1.807) is 13.8 Å². The largest absolute Gasteiger partial charge is 0.390 e. The fourth-order valence-electron chi connectivity index (χ4n) is 4.33. The minimum Gasteiger partial charge on any atom is -0.390 e. The van der Waals surface area contributed by atoms with Gasteiger partial charge in [0, 0.05) is 16.7 Å². The second-order valence-corrected chi connectivity index (χ2v) is 10.6. The lowest BCUT2D eigenvalue weighted by Crippen LogP contribution is -2.26. The molecule has 0 fully saturated rings. The highest BCUT2D eigenvalue weighted by atomic mass is 16.3. The molecule has 0 heterocycles.